The third kappa shape index (κ3) is 3.93. The van der Waals surface area contributed by atoms with Crippen molar-refractivity contribution in [3.63, 3.8) is 0 Å². The molecule has 2 rings (SSSR count). The van der Waals surface area contributed by atoms with Crippen molar-refractivity contribution in [1.29, 1.82) is 0 Å². The van der Waals surface area contributed by atoms with Gasteiger partial charge >= 0.3 is 0 Å². The van der Waals surface area contributed by atoms with E-state index in [1.165, 1.54) is 0 Å². The third-order valence-electron chi connectivity index (χ3n) is 3.10. The number of nitrogens with one attached hydrogen (secondary N) is 1. The largest absolute Gasteiger partial charge is 0.311 e. The highest BCUT2D eigenvalue weighted by molar-refractivity contribution is 6.32. The molecule has 5 heteroatoms. The van der Waals surface area contributed by atoms with E-state index in [2.05, 4.69) is 24.3 Å². The van der Waals surface area contributed by atoms with Crippen molar-refractivity contribution in [3.8, 4) is 5.69 Å². The zero-order valence-electron chi connectivity index (χ0n) is 12.6. The topological polar surface area (TPSA) is 46.9 Å². The fourth-order valence-electron chi connectivity index (χ4n) is 2.05. The standard InChI is InChI=1S/C16H20ClN3O/c1-11(2)9-18-10-14-16(21)8-12(3)20(19-14)15-7-5-4-6-13(15)17/h4-8,11,18H,9-10H2,1-3H3. The van der Waals surface area contributed by atoms with Crippen LogP contribution in [0.25, 0.3) is 5.69 Å². The van der Waals surface area contributed by atoms with Gasteiger partial charge in [0.15, 0.2) is 0 Å². The minimum absolute atomic E-state index is 0.0490. The molecule has 1 N–H and O–H groups in total. The molecule has 0 bridgehead atoms. The number of aromatic nitrogens is 2. The molecular weight excluding hydrogens is 286 g/mol. The lowest BCUT2D eigenvalue weighted by atomic mass is 10.2. The normalized spacial score (nSPS) is 11.1. The van der Waals surface area contributed by atoms with E-state index in [0.29, 0.717) is 23.2 Å². The quantitative estimate of drug-likeness (QED) is 0.924. The number of nitrogens with zero attached hydrogens (tertiary/aromatic N) is 2. The van der Waals surface area contributed by atoms with Crippen LogP contribution < -0.4 is 10.7 Å². The number of halogens is 1. The maximum atomic E-state index is 12.0. The second-order valence-corrected chi connectivity index (χ2v) is 5.89. The van der Waals surface area contributed by atoms with Gasteiger partial charge in [-0.05, 0) is 31.5 Å². The number of para-hydroxylation sites is 1. The molecule has 0 saturated heterocycles. The van der Waals surface area contributed by atoms with Crippen molar-refractivity contribution in [2.75, 3.05) is 6.54 Å². The van der Waals surface area contributed by atoms with Crippen LogP contribution in [0, 0.1) is 12.8 Å². The van der Waals surface area contributed by atoms with E-state index >= 15 is 0 Å². The summed E-state index contributed by atoms with van der Waals surface area (Å²) >= 11 is 6.21. The highest BCUT2D eigenvalue weighted by atomic mass is 35.5. The molecule has 1 aromatic heterocycles. The Balaban J connectivity index is 2.35. The smallest absolute Gasteiger partial charge is 0.204 e. The first-order valence-corrected chi connectivity index (χ1v) is 7.42. The number of aryl methyl sites for hydroxylation is 1. The molecule has 21 heavy (non-hydrogen) atoms. The van der Waals surface area contributed by atoms with Crippen LogP contribution in [0.5, 0.6) is 0 Å². The molecule has 0 fully saturated rings. The monoisotopic (exact) mass is 305 g/mol. The van der Waals surface area contributed by atoms with Crippen LogP contribution in [0.15, 0.2) is 35.1 Å². The molecule has 0 amide bonds. The number of benzene rings is 1. The van der Waals surface area contributed by atoms with Crippen LogP contribution in [-0.4, -0.2) is 16.3 Å². The lowest BCUT2D eigenvalue weighted by Gasteiger charge is -2.13. The van der Waals surface area contributed by atoms with Crippen LogP contribution in [0.4, 0.5) is 0 Å². The molecule has 2 aromatic rings. The van der Waals surface area contributed by atoms with Crippen LogP contribution in [0.2, 0.25) is 5.02 Å². The molecular formula is C16H20ClN3O. The van der Waals surface area contributed by atoms with Crippen LogP contribution in [0.3, 0.4) is 0 Å². The van der Waals surface area contributed by atoms with Gasteiger partial charge in [-0.1, -0.05) is 37.6 Å². The van der Waals surface area contributed by atoms with Gasteiger partial charge in [-0.2, -0.15) is 5.10 Å². The number of hydrogen-bond acceptors (Lipinski definition) is 3. The van der Waals surface area contributed by atoms with Crippen molar-refractivity contribution in [1.82, 2.24) is 15.1 Å². The molecule has 112 valence electrons. The van der Waals surface area contributed by atoms with Gasteiger partial charge < -0.3 is 5.32 Å². The Morgan fingerprint density at radius 2 is 2.05 bits per heavy atom. The van der Waals surface area contributed by atoms with E-state index in [0.717, 1.165) is 17.9 Å². The zero-order valence-corrected chi connectivity index (χ0v) is 13.3. The van der Waals surface area contributed by atoms with Gasteiger partial charge in [0, 0.05) is 18.3 Å². The summed E-state index contributed by atoms with van der Waals surface area (Å²) in [6.07, 6.45) is 0. The first kappa shape index (κ1) is 15.7. The Kier molecular flexibility index (Phi) is 5.15. The Morgan fingerprint density at radius 3 is 2.71 bits per heavy atom. The lowest BCUT2D eigenvalue weighted by Crippen LogP contribution is -2.26. The van der Waals surface area contributed by atoms with Gasteiger partial charge in [-0.3, -0.25) is 4.79 Å². The molecule has 0 aliphatic carbocycles. The molecule has 4 nitrogen and oxygen atoms in total. The summed E-state index contributed by atoms with van der Waals surface area (Å²) < 4.78 is 1.72. The predicted molar refractivity (Wildman–Crippen MR) is 86.1 cm³/mol. The number of hydrogen-bond donors (Lipinski definition) is 1. The average molecular weight is 306 g/mol. The van der Waals surface area contributed by atoms with E-state index in [-0.39, 0.29) is 5.43 Å². The van der Waals surface area contributed by atoms with Crippen LogP contribution >= 0.6 is 11.6 Å². The first-order valence-electron chi connectivity index (χ1n) is 7.04. The molecule has 0 unspecified atom stereocenters. The van der Waals surface area contributed by atoms with Gasteiger partial charge in [0.2, 0.25) is 5.43 Å². The van der Waals surface area contributed by atoms with E-state index in [9.17, 15) is 4.79 Å². The summed E-state index contributed by atoms with van der Waals surface area (Å²) in [5.41, 5.74) is 2.00. The lowest BCUT2D eigenvalue weighted by molar-refractivity contribution is 0.541. The van der Waals surface area contributed by atoms with E-state index in [1.54, 1.807) is 10.7 Å². The third-order valence-corrected chi connectivity index (χ3v) is 3.42. The average Bonchev–Trinajstić information content (AvgIpc) is 2.42. The Hall–Kier alpha value is -1.65. The van der Waals surface area contributed by atoms with Crippen LogP contribution in [0.1, 0.15) is 25.2 Å². The SMILES string of the molecule is Cc1cc(=O)c(CNCC(C)C)nn1-c1ccccc1Cl. The maximum absolute atomic E-state index is 12.0. The number of rotatable bonds is 5. The summed E-state index contributed by atoms with van der Waals surface area (Å²) in [6, 6.07) is 9.07. The minimum Gasteiger partial charge on any atom is -0.311 e. The molecule has 0 aliphatic rings. The highest BCUT2D eigenvalue weighted by Crippen LogP contribution is 2.19. The predicted octanol–water partition coefficient (Wildman–Crippen LogP) is 2.94. The molecule has 0 aliphatic heterocycles. The molecule has 0 saturated carbocycles. The van der Waals surface area contributed by atoms with Crippen LogP contribution in [-0.2, 0) is 6.54 Å². The molecule has 1 aromatic carbocycles. The summed E-state index contributed by atoms with van der Waals surface area (Å²) in [5.74, 6) is 0.529. The van der Waals surface area contributed by atoms with E-state index in [4.69, 9.17) is 11.6 Å². The highest BCUT2D eigenvalue weighted by Gasteiger charge is 2.09. The first-order chi connectivity index (χ1) is 9.99. The van der Waals surface area contributed by atoms with Crippen molar-refractivity contribution in [3.05, 3.63) is 57.0 Å². The second kappa shape index (κ2) is 6.87. The zero-order chi connectivity index (χ0) is 15.4. The fourth-order valence-corrected chi connectivity index (χ4v) is 2.27. The van der Waals surface area contributed by atoms with E-state index in [1.807, 2.05) is 31.2 Å². The fraction of sp³-hybridized carbons (Fsp3) is 0.375. The maximum Gasteiger partial charge on any atom is 0.204 e. The molecule has 1 heterocycles. The van der Waals surface area contributed by atoms with Crippen molar-refractivity contribution < 1.29 is 0 Å². The summed E-state index contributed by atoms with van der Waals surface area (Å²) in [7, 11) is 0. The second-order valence-electron chi connectivity index (χ2n) is 5.48. The summed E-state index contributed by atoms with van der Waals surface area (Å²) in [5, 5.41) is 8.31. The van der Waals surface area contributed by atoms with Gasteiger partial charge in [0.1, 0.15) is 5.69 Å². The summed E-state index contributed by atoms with van der Waals surface area (Å²) in [4.78, 5) is 12.0. The van der Waals surface area contributed by atoms with Gasteiger partial charge in [0.05, 0.1) is 10.7 Å². The van der Waals surface area contributed by atoms with Gasteiger partial charge in [-0.25, -0.2) is 4.68 Å². The minimum atomic E-state index is -0.0490. The summed E-state index contributed by atoms with van der Waals surface area (Å²) in [6.45, 7) is 7.40. The van der Waals surface area contributed by atoms with Crippen molar-refractivity contribution >= 4 is 11.6 Å². The Morgan fingerprint density at radius 1 is 1.33 bits per heavy atom. The van der Waals surface area contributed by atoms with Gasteiger partial charge in [-0.15, -0.1) is 0 Å². The molecule has 0 atom stereocenters. The van der Waals surface area contributed by atoms with E-state index < -0.39 is 0 Å². The van der Waals surface area contributed by atoms with Crippen molar-refractivity contribution in [2.24, 2.45) is 5.92 Å². The van der Waals surface area contributed by atoms with Gasteiger partial charge in [0.25, 0.3) is 0 Å². The molecule has 0 radical (unpaired) electrons. The Labute approximate surface area is 129 Å². The molecule has 0 spiro atoms. The van der Waals surface area contributed by atoms with Crippen molar-refractivity contribution in [2.45, 2.75) is 27.3 Å². The Bertz CT molecular complexity index is 679.